The van der Waals surface area contributed by atoms with E-state index in [2.05, 4.69) is 81.9 Å². The molecule has 67 heavy (non-hydrogen) atoms. The van der Waals surface area contributed by atoms with Gasteiger partial charge in [0, 0.05) is 16.3 Å². The molecular formula is C42H43N13O10S2. The summed E-state index contributed by atoms with van der Waals surface area (Å²) in [5, 5.41) is 21.2. The summed E-state index contributed by atoms with van der Waals surface area (Å²) in [7, 11) is 0. The van der Waals surface area contributed by atoms with Crippen LogP contribution in [0.2, 0.25) is 0 Å². The zero-order chi connectivity index (χ0) is 49.0. The molecule has 6 heterocycles. The SMILES string of the molecule is C=C(NC(=O)C(=C)NC(=O)C(=C)NC(=O)c1ccc2c(n1)-c1nc(oc1C)C(C)NC(=O)c1csc(n1)C(C)NC(=O)c1nc(oc1C)CNC(=O)C(C(C)C)NC(=O)c1csc-2n1)C(N)=O. The maximum Gasteiger partial charge on any atom is 0.274 e. The van der Waals surface area contributed by atoms with Crippen molar-refractivity contribution >= 4 is 69.9 Å². The first-order chi connectivity index (χ1) is 31.6. The van der Waals surface area contributed by atoms with Crippen LogP contribution < -0.4 is 43.0 Å². The maximum atomic E-state index is 13.7. The summed E-state index contributed by atoms with van der Waals surface area (Å²) in [5.41, 5.74) is 3.74. The lowest BCUT2D eigenvalue weighted by molar-refractivity contribution is -0.124. The predicted octanol–water partition coefficient (Wildman–Crippen LogP) is 2.28. The van der Waals surface area contributed by atoms with Crippen LogP contribution in [0.15, 0.2) is 68.6 Å². The van der Waals surface area contributed by atoms with Crippen molar-refractivity contribution in [1.82, 2.24) is 62.1 Å². The molecule has 9 N–H and O–H groups in total. The normalized spacial score (nSPS) is 16.6. The van der Waals surface area contributed by atoms with Gasteiger partial charge in [-0.05, 0) is 45.7 Å². The van der Waals surface area contributed by atoms with Gasteiger partial charge >= 0.3 is 0 Å². The monoisotopic (exact) mass is 953 g/mol. The number of fused-ring (bicyclic) bond motifs is 11. The van der Waals surface area contributed by atoms with Crippen molar-refractivity contribution in [2.24, 2.45) is 11.7 Å². The van der Waals surface area contributed by atoms with E-state index in [4.69, 9.17) is 14.6 Å². The number of rotatable bonds is 8. The van der Waals surface area contributed by atoms with E-state index in [1.54, 1.807) is 41.5 Å². The molecule has 0 radical (unpaired) electrons. The van der Waals surface area contributed by atoms with E-state index < -0.39 is 88.4 Å². The second-order valence-corrected chi connectivity index (χ2v) is 16.9. The second-order valence-electron chi connectivity index (χ2n) is 15.1. The molecule has 0 aromatic carbocycles. The molecule has 3 unspecified atom stereocenters. The number of aryl methyl sites for hydroxylation is 2. The Balaban J connectivity index is 1.34. The van der Waals surface area contributed by atoms with Crippen LogP contribution in [0.25, 0.3) is 22.0 Å². The minimum absolute atomic E-state index is 0.0132. The first-order valence-electron chi connectivity index (χ1n) is 20.0. The highest BCUT2D eigenvalue weighted by molar-refractivity contribution is 7.13. The molecule has 1 aliphatic rings. The molecule has 5 aromatic rings. The fourth-order valence-electron chi connectivity index (χ4n) is 6.07. The number of oxazole rings is 2. The van der Waals surface area contributed by atoms with Crippen molar-refractivity contribution in [3.63, 3.8) is 0 Å². The lowest BCUT2D eigenvalue weighted by Crippen LogP contribution is -2.49. The molecule has 6 rings (SSSR count). The molecule has 0 saturated carbocycles. The number of nitrogens with zero attached hydrogens (tertiary/aromatic N) is 5. The number of primary amides is 1. The third kappa shape index (κ3) is 11.0. The Hall–Kier alpha value is -8.19. The lowest BCUT2D eigenvalue weighted by atomic mass is 10.0. The molecule has 8 bridgehead atoms. The molecule has 0 aliphatic carbocycles. The Labute approximate surface area is 388 Å². The molecular weight excluding hydrogens is 911 g/mol. The molecule has 25 heteroatoms. The van der Waals surface area contributed by atoms with E-state index in [1.165, 1.54) is 22.9 Å². The van der Waals surface area contributed by atoms with Crippen LogP contribution in [0.1, 0.15) is 110 Å². The molecule has 8 amide bonds. The lowest BCUT2D eigenvalue weighted by Gasteiger charge is -2.20. The second kappa shape index (κ2) is 19.9. The Morgan fingerprint density at radius 2 is 1.34 bits per heavy atom. The van der Waals surface area contributed by atoms with Crippen LogP contribution in [0.5, 0.6) is 0 Å². The number of thiazole rings is 2. The van der Waals surface area contributed by atoms with Gasteiger partial charge in [0.05, 0.1) is 29.7 Å². The fourth-order valence-corrected chi connectivity index (χ4v) is 7.71. The van der Waals surface area contributed by atoms with Crippen LogP contribution in [0.4, 0.5) is 0 Å². The highest BCUT2D eigenvalue weighted by atomic mass is 32.1. The third-order valence-corrected chi connectivity index (χ3v) is 11.6. The van der Waals surface area contributed by atoms with Crippen molar-refractivity contribution < 1.29 is 47.2 Å². The summed E-state index contributed by atoms with van der Waals surface area (Å²) < 4.78 is 11.7. The Morgan fingerprint density at radius 3 is 2.03 bits per heavy atom. The van der Waals surface area contributed by atoms with Crippen LogP contribution in [-0.2, 0) is 25.7 Å². The highest BCUT2D eigenvalue weighted by Crippen LogP contribution is 2.35. The van der Waals surface area contributed by atoms with E-state index in [-0.39, 0.29) is 74.6 Å². The summed E-state index contributed by atoms with van der Waals surface area (Å²) >= 11 is 2.18. The van der Waals surface area contributed by atoms with Gasteiger partial charge in [0.15, 0.2) is 5.69 Å². The largest absolute Gasteiger partial charge is 0.443 e. The van der Waals surface area contributed by atoms with Gasteiger partial charge in [-0.1, -0.05) is 33.6 Å². The zero-order valence-electron chi connectivity index (χ0n) is 36.7. The number of amides is 8. The van der Waals surface area contributed by atoms with E-state index in [1.807, 2.05) is 0 Å². The molecule has 1 aliphatic heterocycles. The molecule has 0 spiro atoms. The Morgan fingerprint density at radius 1 is 0.731 bits per heavy atom. The van der Waals surface area contributed by atoms with Crippen LogP contribution in [0.3, 0.4) is 0 Å². The summed E-state index contributed by atoms with van der Waals surface area (Å²) in [6.07, 6.45) is 0. The minimum atomic E-state index is -1.04. The molecule has 0 saturated heterocycles. The number of pyridine rings is 1. The topological polar surface area (TPSA) is 338 Å². The zero-order valence-corrected chi connectivity index (χ0v) is 38.3. The first kappa shape index (κ1) is 48.3. The number of aromatic nitrogens is 5. The number of nitrogens with two attached hydrogens (primary N) is 1. The molecule has 23 nitrogen and oxygen atoms in total. The average molecular weight is 954 g/mol. The van der Waals surface area contributed by atoms with Gasteiger partial charge in [0.25, 0.3) is 41.4 Å². The highest BCUT2D eigenvalue weighted by Gasteiger charge is 2.30. The van der Waals surface area contributed by atoms with Gasteiger partial charge in [0.2, 0.25) is 17.7 Å². The Bertz CT molecular complexity index is 2910. The molecule has 3 atom stereocenters. The molecule has 5 aromatic heterocycles. The van der Waals surface area contributed by atoms with Gasteiger partial charge in [0.1, 0.15) is 62.1 Å². The van der Waals surface area contributed by atoms with Gasteiger partial charge in [-0.25, -0.2) is 24.9 Å². The summed E-state index contributed by atoms with van der Waals surface area (Å²) in [4.78, 5) is 126. The minimum Gasteiger partial charge on any atom is -0.443 e. The van der Waals surface area contributed by atoms with Crippen molar-refractivity contribution in [2.45, 2.75) is 66.2 Å². The van der Waals surface area contributed by atoms with E-state index in [0.29, 0.717) is 5.01 Å². The van der Waals surface area contributed by atoms with Gasteiger partial charge in [-0.15, -0.1) is 22.7 Å². The average Bonchev–Trinajstić information content (AvgIpc) is 4.11. The molecule has 348 valence electrons. The fraction of sp³-hybridized carbons (Fsp3) is 0.262. The van der Waals surface area contributed by atoms with E-state index >= 15 is 0 Å². The summed E-state index contributed by atoms with van der Waals surface area (Å²) in [5.74, 6) is -6.31. The number of carbonyl (C=O) groups is 8. The van der Waals surface area contributed by atoms with Crippen LogP contribution in [-0.4, -0.2) is 78.2 Å². The van der Waals surface area contributed by atoms with Crippen molar-refractivity contribution in [1.29, 1.82) is 0 Å². The van der Waals surface area contributed by atoms with Crippen LogP contribution in [0, 0.1) is 19.8 Å². The van der Waals surface area contributed by atoms with Gasteiger partial charge in [-0.3, -0.25) is 38.4 Å². The smallest absolute Gasteiger partial charge is 0.274 e. The standard InChI is InChI=1S/C42H43N13O10S2/c1-15(2)28-38(62)44-12-27-53-30(22(9)64-27)39(63)49-20(7)41-51-25(13-66-41)36(60)48-19(6)40-55-29(21(8)65-40)31-23(42-52-26(14-67-42)37(61)54-28)10-11-24(50-31)35(59)47-18(5)34(58)46-17(4)33(57)45-16(3)32(43)56/h10-11,13-15,19-20,28H,3-5,12H2,1-2,6-9H3,(H2,43,56)(H,44,62)(H,45,57)(H,46,58)(H,47,59)(H,48,60)(H,49,63)(H,54,61). The van der Waals surface area contributed by atoms with E-state index in [0.717, 1.165) is 22.7 Å². The number of carbonyl (C=O) groups excluding carboxylic acids is 8. The maximum absolute atomic E-state index is 13.7. The van der Waals surface area contributed by atoms with Crippen molar-refractivity contribution in [2.75, 3.05) is 0 Å². The van der Waals surface area contributed by atoms with Crippen molar-refractivity contribution in [3.8, 4) is 22.0 Å². The number of hydrogen-bond donors (Lipinski definition) is 8. The number of nitrogens with one attached hydrogen (secondary N) is 7. The summed E-state index contributed by atoms with van der Waals surface area (Å²) in [6.45, 7) is 20.0. The predicted molar refractivity (Wildman–Crippen MR) is 239 cm³/mol. The van der Waals surface area contributed by atoms with Crippen LogP contribution >= 0.6 is 22.7 Å². The third-order valence-electron chi connectivity index (χ3n) is 9.67. The van der Waals surface area contributed by atoms with Gasteiger partial charge in [-0.2, -0.15) is 0 Å². The summed E-state index contributed by atoms with van der Waals surface area (Å²) in [6, 6.07) is 0.248. The molecule has 0 fully saturated rings. The first-order valence-corrected chi connectivity index (χ1v) is 21.7. The van der Waals surface area contributed by atoms with Gasteiger partial charge < -0.3 is 51.8 Å². The van der Waals surface area contributed by atoms with Crippen molar-refractivity contribution in [3.05, 3.63) is 111 Å². The Kier molecular flexibility index (Phi) is 14.3. The quantitative estimate of drug-likeness (QED) is 0.103. The number of hydrogen-bond acceptors (Lipinski definition) is 17. The van der Waals surface area contributed by atoms with E-state index in [9.17, 15) is 38.4 Å².